The summed E-state index contributed by atoms with van der Waals surface area (Å²) in [5.41, 5.74) is 1.99. The van der Waals surface area contributed by atoms with Crippen molar-refractivity contribution < 1.29 is 27.5 Å². The van der Waals surface area contributed by atoms with Crippen molar-refractivity contribution in [3.05, 3.63) is 65.0 Å². The summed E-state index contributed by atoms with van der Waals surface area (Å²) in [6.07, 6.45) is 1.41. The molecule has 2 fully saturated rings. The van der Waals surface area contributed by atoms with E-state index < -0.39 is 15.4 Å². The normalized spacial score (nSPS) is 21.2. The van der Waals surface area contributed by atoms with Crippen LogP contribution in [-0.4, -0.2) is 65.5 Å². The van der Waals surface area contributed by atoms with E-state index >= 15 is 0 Å². The maximum absolute atomic E-state index is 13.4. The molecule has 3 amide bonds. The number of likely N-dealkylation sites (tertiary alicyclic amines) is 1. The molecular weight excluding hydrogens is 485 g/mol. The molecule has 0 spiro atoms. The van der Waals surface area contributed by atoms with E-state index in [2.05, 4.69) is 5.32 Å². The van der Waals surface area contributed by atoms with E-state index in [0.29, 0.717) is 31.9 Å². The summed E-state index contributed by atoms with van der Waals surface area (Å²) in [5, 5.41) is 13.6. The van der Waals surface area contributed by atoms with E-state index in [9.17, 15) is 27.5 Å². The smallest absolute Gasteiger partial charge is 0.322 e. The highest BCUT2D eigenvalue weighted by atomic mass is 32.2. The summed E-state index contributed by atoms with van der Waals surface area (Å²) < 4.78 is 36.8. The van der Waals surface area contributed by atoms with Crippen LogP contribution in [0.25, 0.3) is 0 Å². The number of benzene rings is 2. The third-order valence-electron chi connectivity index (χ3n) is 7.64. The topological polar surface area (TPSA) is 107 Å². The Morgan fingerprint density at radius 1 is 0.944 bits per heavy atom. The minimum Gasteiger partial charge on any atom is -0.380 e. The summed E-state index contributed by atoms with van der Waals surface area (Å²) in [6.45, 7) is 1.83. The second-order valence-corrected chi connectivity index (χ2v) is 12.4. The monoisotopic (exact) mass is 515 g/mol. The lowest BCUT2D eigenvalue weighted by Crippen LogP contribution is -2.54. The van der Waals surface area contributed by atoms with Gasteiger partial charge in [-0.2, -0.15) is 0 Å². The Hall–Kier alpha value is -2.98. The fourth-order valence-electron chi connectivity index (χ4n) is 5.35. The van der Waals surface area contributed by atoms with Crippen LogP contribution in [0, 0.1) is 5.82 Å². The third-order valence-corrected chi connectivity index (χ3v) is 9.30. The number of sulfone groups is 1. The van der Waals surface area contributed by atoms with Crippen molar-refractivity contribution in [2.45, 2.75) is 50.3 Å². The number of carbonyl (C=O) groups excluding carboxylic acids is 2. The maximum atomic E-state index is 13.4. The number of fused-ring (bicyclic) bond motifs is 1. The quantitative estimate of drug-likeness (QED) is 0.654. The van der Waals surface area contributed by atoms with Crippen LogP contribution in [0.1, 0.15) is 48.3 Å². The van der Waals surface area contributed by atoms with Gasteiger partial charge in [-0.3, -0.25) is 4.79 Å². The van der Waals surface area contributed by atoms with E-state index in [-0.39, 0.29) is 48.0 Å². The number of halogens is 1. The molecule has 2 aromatic rings. The van der Waals surface area contributed by atoms with Crippen LogP contribution in [0.3, 0.4) is 0 Å². The molecule has 0 atom stereocenters. The fraction of sp³-hybridized carbons (Fsp3) is 0.462. The molecule has 36 heavy (non-hydrogen) atoms. The molecule has 10 heteroatoms. The minimum absolute atomic E-state index is 0.0400. The highest BCUT2D eigenvalue weighted by molar-refractivity contribution is 7.91. The van der Waals surface area contributed by atoms with Crippen molar-refractivity contribution in [3.63, 3.8) is 0 Å². The number of piperidine rings is 1. The van der Waals surface area contributed by atoms with Crippen LogP contribution < -0.4 is 5.32 Å². The zero-order chi connectivity index (χ0) is 25.5. The van der Waals surface area contributed by atoms with E-state index in [1.807, 2.05) is 24.3 Å². The number of amides is 3. The lowest BCUT2D eigenvalue weighted by molar-refractivity contribution is -0.153. The molecule has 0 unspecified atom stereocenters. The van der Waals surface area contributed by atoms with Gasteiger partial charge in [0.15, 0.2) is 9.84 Å². The Bertz CT molecular complexity index is 1260. The number of hydrogen-bond donors (Lipinski definition) is 2. The van der Waals surface area contributed by atoms with Crippen LogP contribution in [-0.2, 0) is 27.7 Å². The van der Waals surface area contributed by atoms with E-state index in [1.165, 1.54) is 12.1 Å². The van der Waals surface area contributed by atoms with Crippen LogP contribution in [0.2, 0.25) is 0 Å². The van der Waals surface area contributed by atoms with E-state index in [1.54, 1.807) is 15.9 Å². The first-order valence-corrected chi connectivity index (χ1v) is 14.1. The second-order valence-electron chi connectivity index (χ2n) is 10.1. The predicted molar refractivity (Wildman–Crippen MR) is 133 cm³/mol. The molecule has 0 radical (unpaired) electrons. The molecule has 5 rings (SSSR count). The van der Waals surface area contributed by atoms with Crippen molar-refractivity contribution in [1.29, 1.82) is 0 Å². The van der Waals surface area contributed by atoms with Gasteiger partial charge in [0.25, 0.3) is 5.91 Å². The van der Waals surface area contributed by atoms with Gasteiger partial charge in [-0.05, 0) is 72.6 Å². The van der Waals surface area contributed by atoms with Gasteiger partial charge in [0.2, 0.25) is 0 Å². The Labute approximate surface area is 210 Å². The molecular formula is C26H30FN3O5S. The molecule has 8 nitrogen and oxygen atoms in total. The molecule has 0 saturated carbocycles. The Morgan fingerprint density at radius 3 is 2.25 bits per heavy atom. The molecule has 3 aliphatic rings. The number of nitrogens with zero attached hydrogens (tertiary/aromatic N) is 2. The minimum atomic E-state index is -3.17. The number of nitrogens with one attached hydrogen (secondary N) is 1. The van der Waals surface area contributed by atoms with E-state index in [0.717, 1.165) is 29.5 Å². The zero-order valence-electron chi connectivity index (χ0n) is 20.0. The third kappa shape index (κ3) is 5.10. The number of hydrogen-bond acceptors (Lipinski definition) is 5. The van der Waals surface area contributed by atoms with E-state index in [4.69, 9.17) is 0 Å². The molecule has 0 aliphatic carbocycles. The largest absolute Gasteiger partial charge is 0.380 e. The second kappa shape index (κ2) is 9.48. The lowest BCUT2D eigenvalue weighted by atomic mass is 9.87. The molecule has 2 N–H and O–H groups in total. The van der Waals surface area contributed by atoms with Crippen LogP contribution >= 0.6 is 0 Å². The molecule has 2 saturated heterocycles. The maximum Gasteiger partial charge on any atom is 0.322 e. The summed E-state index contributed by atoms with van der Waals surface area (Å²) in [6, 6.07) is 12.0. The van der Waals surface area contributed by atoms with Gasteiger partial charge < -0.3 is 20.2 Å². The van der Waals surface area contributed by atoms with Crippen LogP contribution in [0.15, 0.2) is 42.5 Å². The van der Waals surface area contributed by atoms with Crippen molar-refractivity contribution in [2.24, 2.45) is 0 Å². The zero-order valence-corrected chi connectivity index (χ0v) is 20.8. The van der Waals surface area contributed by atoms with Crippen LogP contribution in [0.4, 0.5) is 14.9 Å². The lowest BCUT2D eigenvalue weighted by Gasteiger charge is -2.39. The van der Waals surface area contributed by atoms with Gasteiger partial charge in [-0.15, -0.1) is 0 Å². The molecule has 2 aromatic carbocycles. The average molecular weight is 516 g/mol. The summed E-state index contributed by atoms with van der Waals surface area (Å²) in [4.78, 5) is 28.9. The highest BCUT2D eigenvalue weighted by Gasteiger charge is 2.44. The number of rotatable bonds is 3. The van der Waals surface area contributed by atoms with Gasteiger partial charge in [0, 0.05) is 31.9 Å². The SMILES string of the molecule is O=C(Nc1ccc(C2CCN(C(=O)C3(O)CCS(=O)(=O)CC3)CC2)cc1)N1Cc2ccc(F)cc2C1. The van der Waals surface area contributed by atoms with Gasteiger partial charge in [-0.1, -0.05) is 18.2 Å². The van der Waals surface area contributed by atoms with Crippen molar-refractivity contribution >= 4 is 27.5 Å². The average Bonchev–Trinajstić information content (AvgIpc) is 3.30. The first-order chi connectivity index (χ1) is 17.1. The molecule has 0 bridgehead atoms. The van der Waals surface area contributed by atoms with Gasteiger partial charge in [0.05, 0.1) is 11.5 Å². The summed E-state index contributed by atoms with van der Waals surface area (Å²) >= 11 is 0. The van der Waals surface area contributed by atoms with Gasteiger partial charge in [0.1, 0.15) is 11.4 Å². The Kier molecular flexibility index (Phi) is 6.50. The Balaban J connectivity index is 1.13. The molecule has 3 aliphatic heterocycles. The van der Waals surface area contributed by atoms with Crippen LogP contribution in [0.5, 0.6) is 0 Å². The number of aliphatic hydroxyl groups is 1. The summed E-state index contributed by atoms with van der Waals surface area (Å²) in [5.74, 6) is -0.721. The number of carbonyl (C=O) groups is 2. The number of anilines is 1. The fourth-order valence-corrected chi connectivity index (χ4v) is 6.85. The Morgan fingerprint density at radius 2 is 1.58 bits per heavy atom. The first-order valence-electron chi connectivity index (χ1n) is 12.3. The van der Waals surface area contributed by atoms with Crippen molar-refractivity contribution in [1.82, 2.24) is 9.80 Å². The predicted octanol–water partition coefficient (Wildman–Crippen LogP) is 3.02. The van der Waals surface area contributed by atoms with Gasteiger partial charge in [-0.25, -0.2) is 17.6 Å². The van der Waals surface area contributed by atoms with Gasteiger partial charge >= 0.3 is 6.03 Å². The van der Waals surface area contributed by atoms with Crippen molar-refractivity contribution in [3.8, 4) is 0 Å². The highest BCUT2D eigenvalue weighted by Crippen LogP contribution is 2.32. The molecule has 3 heterocycles. The molecule has 0 aromatic heterocycles. The standard InChI is InChI=1S/C26H30FN3O5S/c27-22-4-1-20-16-30(17-21(20)15-22)25(32)28-23-5-2-18(3-6-23)19-7-11-29(12-8-19)24(31)26(33)9-13-36(34,35)14-10-26/h1-6,15,19,33H,7-14,16-17H2,(H,28,32). The van der Waals surface area contributed by atoms with Crippen molar-refractivity contribution in [2.75, 3.05) is 29.9 Å². The molecule has 192 valence electrons. The first kappa shape index (κ1) is 24.7. The number of urea groups is 1. The summed E-state index contributed by atoms with van der Waals surface area (Å²) in [7, 11) is -3.17.